The number of hydrogen-bond acceptors (Lipinski definition) is 5. The minimum absolute atomic E-state index is 0.0812. The van der Waals surface area contributed by atoms with Crippen molar-refractivity contribution in [2.24, 2.45) is 0 Å². The Morgan fingerprint density at radius 3 is 2.70 bits per heavy atom. The second-order valence-electron chi connectivity index (χ2n) is 6.35. The third-order valence-electron chi connectivity index (χ3n) is 4.45. The van der Waals surface area contributed by atoms with E-state index in [4.69, 9.17) is 9.15 Å². The maximum Gasteiger partial charge on any atom is 0.342 e. The summed E-state index contributed by atoms with van der Waals surface area (Å²) in [6, 6.07) is 17.4. The second kappa shape index (κ2) is 6.61. The van der Waals surface area contributed by atoms with Crippen LogP contribution < -0.4 is 5.63 Å². The van der Waals surface area contributed by atoms with Gasteiger partial charge in [0.1, 0.15) is 23.5 Å². The van der Waals surface area contributed by atoms with Crippen LogP contribution in [0.3, 0.4) is 0 Å². The van der Waals surface area contributed by atoms with Gasteiger partial charge in [-0.05, 0) is 41.5 Å². The number of phenolic OH excluding ortho intramolecular Hbond substituents is 1. The number of fused-ring (bicyclic) bond motifs is 3. The number of aromatic hydroxyl groups is 1. The van der Waals surface area contributed by atoms with Crippen molar-refractivity contribution >= 4 is 27.7 Å². The highest BCUT2D eigenvalue weighted by Gasteiger charge is 2.15. The highest BCUT2D eigenvalue weighted by atomic mass is 16.5. The lowest BCUT2D eigenvalue weighted by Gasteiger charge is -2.10. The normalized spacial score (nSPS) is 11.0. The Hall–Kier alpha value is -3.60. The quantitative estimate of drug-likeness (QED) is 0.334. The number of rotatable bonds is 3. The first kappa shape index (κ1) is 16.8. The summed E-state index contributed by atoms with van der Waals surface area (Å²) >= 11 is 0. The minimum atomic E-state index is -0.658. The first-order chi connectivity index (χ1) is 13.0. The number of aryl methyl sites for hydroxylation is 1. The third-order valence-corrected chi connectivity index (χ3v) is 4.45. The molecule has 134 valence electrons. The van der Waals surface area contributed by atoms with Gasteiger partial charge in [0.2, 0.25) is 0 Å². The molecule has 0 atom stereocenters. The van der Waals surface area contributed by atoms with Crippen LogP contribution >= 0.6 is 0 Å². The Balaban J connectivity index is 1.74. The topological polar surface area (TPSA) is 76.7 Å². The number of carbonyl (C=O) groups is 1. The highest BCUT2D eigenvalue weighted by Crippen LogP contribution is 2.28. The standard InChI is InChI=1S/C22H16O5/c1-13-6-8-17(18(23)10-13)22(25)26-12-15-11-20(24)27-19-9-7-14-4-2-3-5-16(14)21(15)19/h2-11,23H,12H2,1H3. The van der Waals surface area contributed by atoms with Crippen molar-refractivity contribution in [2.45, 2.75) is 13.5 Å². The molecule has 0 aliphatic carbocycles. The molecule has 0 aliphatic rings. The Bertz CT molecular complexity index is 1240. The van der Waals surface area contributed by atoms with E-state index in [0.29, 0.717) is 11.1 Å². The first-order valence-corrected chi connectivity index (χ1v) is 8.44. The van der Waals surface area contributed by atoms with Crippen LogP contribution in [0.15, 0.2) is 69.9 Å². The van der Waals surface area contributed by atoms with E-state index in [-0.39, 0.29) is 17.9 Å². The molecule has 0 spiro atoms. The van der Waals surface area contributed by atoms with Crippen LogP contribution in [-0.2, 0) is 11.3 Å². The van der Waals surface area contributed by atoms with Gasteiger partial charge in [-0.1, -0.05) is 36.4 Å². The van der Waals surface area contributed by atoms with Crippen molar-refractivity contribution in [3.05, 3.63) is 87.8 Å². The zero-order chi connectivity index (χ0) is 19.0. The second-order valence-corrected chi connectivity index (χ2v) is 6.35. The number of ether oxygens (including phenoxy) is 1. The lowest BCUT2D eigenvalue weighted by molar-refractivity contribution is 0.0470. The number of benzene rings is 3. The molecular weight excluding hydrogens is 344 g/mol. The molecule has 0 saturated carbocycles. The van der Waals surface area contributed by atoms with Crippen molar-refractivity contribution < 1.29 is 19.1 Å². The van der Waals surface area contributed by atoms with Crippen molar-refractivity contribution in [2.75, 3.05) is 0 Å². The Morgan fingerprint density at radius 2 is 1.89 bits per heavy atom. The fourth-order valence-electron chi connectivity index (χ4n) is 3.17. The lowest BCUT2D eigenvalue weighted by atomic mass is 10.0. The summed E-state index contributed by atoms with van der Waals surface area (Å²) in [5.74, 6) is -0.794. The van der Waals surface area contributed by atoms with Gasteiger partial charge in [-0.2, -0.15) is 0 Å². The Kier molecular flexibility index (Phi) is 4.12. The number of phenols is 1. The Labute approximate surface area is 154 Å². The number of esters is 1. The maximum atomic E-state index is 12.4. The summed E-state index contributed by atoms with van der Waals surface area (Å²) in [6.07, 6.45) is 0. The van der Waals surface area contributed by atoms with Gasteiger partial charge in [0, 0.05) is 17.0 Å². The van der Waals surface area contributed by atoms with Crippen LogP contribution in [0.4, 0.5) is 0 Å². The average molecular weight is 360 g/mol. The smallest absolute Gasteiger partial charge is 0.342 e. The van der Waals surface area contributed by atoms with E-state index in [1.165, 1.54) is 18.2 Å². The number of hydrogen-bond donors (Lipinski definition) is 1. The van der Waals surface area contributed by atoms with Crippen molar-refractivity contribution in [3.8, 4) is 5.75 Å². The summed E-state index contributed by atoms with van der Waals surface area (Å²) in [6.45, 7) is 1.71. The van der Waals surface area contributed by atoms with E-state index in [0.717, 1.165) is 21.7 Å². The molecule has 5 heteroatoms. The van der Waals surface area contributed by atoms with Gasteiger partial charge in [-0.3, -0.25) is 0 Å². The molecule has 1 N–H and O–H groups in total. The molecule has 1 heterocycles. The fourth-order valence-corrected chi connectivity index (χ4v) is 3.17. The monoisotopic (exact) mass is 360 g/mol. The summed E-state index contributed by atoms with van der Waals surface area (Å²) in [4.78, 5) is 24.3. The van der Waals surface area contributed by atoms with Gasteiger partial charge in [0.25, 0.3) is 0 Å². The first-order valence-electron chi connectivity index (χ1n) is 8.44. The predicted molar refractivity (Wildman–Crippen MR) is 102 cm³/mol. The number of carbonyl (C=O) groups excluding carboxylic acids is 1. The van der Waals surface area contributed by atoms with Crippen LogP contribution in [0.5, 0.6) is 5.75 Å². The fraction of sp³-hybridized carbons (Fsp3) is 0.0909. The van der Waals surface area contributed by atoms with Crippen molar-refractivity contribution in [1.29, 1.82) is 0 Å². The van der Waals surface area contributed by atoms with Gasteiger partial charge in [0.05, 0.1) is 0 Å². The van der Waals surface area contributed by atoms with Gasteiger partial charge < -0.3 is 14.3 Å². The molecule has 0 aliphatic heterocycles. The van der Waals surface area contributed by atoms with E-state index in [2.05, 4.69) is 0 Å². The molecule has 0 fully saturated rings. The van der Waals surface area contributed by atoms with Crippen LogP contribution in [0.25, 0.3) is 21.7 Å². The van der Waals surface area contributed by atoms with E-state index < -0.39 is 11.6 Å². The molecule has 0 radical (unpaired) electrons. The van der Waals surface area contributed by atoms with Crippen LogP contribution in [0.1, 0.15) is 21.5 Å². The highest BCUT2D eigenvalue weighted by molar-refractivity contribution is 6.07. The molecule has 0 bridgehead atoms. The molecular formula is C22H16O5. The van der Waals surface area contributed by atoms with E-state index in [1.54, 1.807) is 12.1 Å². The molecule has 1 aromatic heterocycles. The molecule has 27 heavy (non-hydrogen) atoms. The van der Waals surface area contributed by atoms with Gasteiger partial charge in [-0.25, -0.2) is 9.59 Å². The summed E-state index contributed by atoms with van der Waals surface area (Å²) in [7, 11) is 0. The van der Waals surface area contributed by atoms with Gasteiger partial charge in [-0.15, -0.1) is 0 Å². The van der Waals surface area contributed by atoms with E-state index in [1.807, 2.05) is 37.3 Å². The molecule has 3 aromatic carbocycles. The molecule has 0 saturated heterocycles. The molecule has 5 nitrogen and oxygen atoms in total. The molecule has 0 amide bonds. The van der Waals surface area contributed by atoms with Crippen LogP contribution in [-0.4, -0.2) is 11.1 Å². The zero-order valence-corrected chi connectivity index (χ0v) is 14.6. The summed E-state index contributed by atoms with van der Waals surface area (Å²) in [5, 5.41) is 12.6. The predicted octanol–water partition coefficient (Wildman–Crippen LogP) is 4.32. The van der Waals surface area contributed by atoms with Crippen molar-refractivity contribution in [3.63, 3.8) is 0 Å². The van der Waals surface area contributed by atoms with Crippen LogP contribution in [0.2, 0.25) is 0 Å². The van der Waals surface area contributed by atoms with Crippen molar-refractivity contribution in [1.82, 2.24) is 0 Å². The molecule has 0 unspecified atom stereocenters. The maximum absolute atomic E-state index is 12.4. The zero-order valence-electron chi connectivity index (χ0n) is 14.6. The lowest BCUT2D eigenvalue weighted by Crippen LogP contribution is -2.08. The molecule has 4 aromatic rings. The summed E-state index contributed by atoms with van der Waals surface area (Å²) < 4.78 is 10.7. The minimum Gasteiger partial charge on any atom is -0.507 e. The Morgan fingerprint density at radius 1 is 1.07 bits per heavy atom. The summed E-state index contributed by atoms with van der Waals surface area (Å²) in [5.41, 5.74) is 1.39. The largest absolute Gasteiger partial charge is 0.507 e. The average Bonchev–Trinajstić information content (AvgIpc) is 2.65. The van der Waals surface area contributed by atoms with E-state index >= 15 is 0 Å². The third kappa shape index (κ3) is 3.15. The SMILES string of the molecule is Cc1ccc(C(=O)OCc2cc(=O)oc3ccc4ccccc4c23)c(O)c1. The van der Waals surface area contributed by atoms with Crippen LogP contribution in [0, 0.1) is 6.92 Å². The van der Waals surface area contributed by atoms with E-state index in [9.17, 15) is 14.7 Å². The van der Waals surface area contributed by atoms with Gasteiger partial charge in [0.15, 0.2) is 0 Å². The van der Waals surface area contributed by atoms with Gasteiger partial charge >= 0.3 is 11.6 Å². The molecule has 4 rings (SSSR count).